The number of benzene rings is 1. The Morgan fingerprint density at radius 1 is 1.38 bits per heavy atom. The predicted molar refractivity (Wildman–Crippen MR) is 82.3 cm³/mol. The summed E-state index contributed by atoms with van der Waals surface area (Å²) in [4.78, 5) is 18.3. The van der Waals surface area contributed by atoms with Crippen LogP contribution in [0.4, 0.5) is 0 Å². The molecule has 0 saturated heterocycles. The van der Waals surface area contributed by atoms with Crippen molar-refractivity contribution in [3.63, 3.8) is 0 Å². The van der Waals surface area contributed by atoms with E-state index in [9.17, 15) is 4.79 Å². The summed E-state index contributed by atoms with van der Waals surface area (Å²) in [7, 11) is 1.75. The molecule has 21 heavy (non-hydrogen) atoms. The van der Waals surface area contributed by atoms with Crippen molar-refractivity contribution in [2.24, 2.45) is 0 Å². The van der Waals surface area contributed by atoms with E-state index in [1.165, 1.54) is 0 Å². The van der Waals surface area contributed by atoms with Crippen LogP contribution < -0.4 is 0 Å². The third-order valence-electron chi connectivity index (χ3n) is 3.46. The SMILES string of the molecule is CCCc1nc(C(=O)N(C)C(C)c2ccc(Cl)cc2)n[nH]1. The minimum Gasteiger partial charge on any atom is -0.332 e. The fourth-order valence-electron chi connectivity index (χ4n) is 2.04. The van der Waals surface area contributed by atoms with Crippen LogP contribution in [-0.4, -0.2) is 33.0 Å². The molecule has 2 rings (SSSR count). The van der Waals surface area contributed by atoms with Gasteiger partial charge in [0.05, 0.1) is 6.04 Å². The fourth-order valence-corrected chi connectivity index (χ4v) is 2.16. The average molecular weight is 307 g/mol. The van der Waals surface area contributed by atoms with Gasteiger partial charge < -0.3 is 4.90 Å². The number of H-pyrrole nitrogens is 1. The second-order valence-corrected chi connectivity index (χ2v) is 5.44. The highest BCUT2D eigenvalue weighted by Gasteiger charge is 2.22. The Hall–Kier alpha value is -1.88. The van der Waals surface area contributed by atoms with E-state index in [0.717, 1.165) is 24.2 Å². The van der Waals surface area contributed by atoms with Crippen LogP contribution in [0.15, 0.2) is 24.3 Å². The van der Waals surface area contributed by atoms with Crippen molar-refractivity contribution < 1.29 is 4.79 Å². The van der Waals surface area contributed by atoms with Gasteiger partial charge in [-0.05, 0) is 31.0 Å². The summed E-state index contributed by atoms with van der Waals surface area (Å²) in [5.74, 6) is 0.756. The summed E-state index contributed by atoms with van der Waals surface area (Å²) in [6, 6.07) is 7.38. The van der Waals surface area contributed by atoms with Gasteiger partial charge in [0.15, 0.2) is 0 Å². The summed E-state index contributed by atoms with van der Waals surface area (Å²) in [6.45, 7) is 4.01. The van der Waals surface area contributed by atoms with Gasteiger partial charge in [0, 0.05) is 18.5 Å². The Kier molecular flexibility index (Phi) is 4.96. The van der Waals surface area contributed by atoms with E-state index in [-0.39, 0.29) is 17.8 Å². The lowest BCUT2D eigenvalue weighted by atomic mass is 10.1. The number of halogens is 1. The average Bonchev–Trinajstić information content (AvgIpc) is 2.95. The molecule has 2 aromatic rings. The first kappa shape index (κ1) is 15.5. The number of aromatic nitrogens is 3. The van der Waals surface area contributed by atoms with Crippen LogP contribution >= 0.6 is 11.6 Å². The highest BCUT2D eigenvalue weighted by molar-refractivity contribution is 6.30. The van der Waals surface area contributed by atoms with Crippen molar-refractivity contribution in [2.75, 3.05) is 7.05 Å². The summed E-state index contributed by atoms with van der Waals surface area (Å²) < 4.78 is 0. The molecular weight excluding hydrogens is 288 g/mol. The lowest BCUT2D eigenvalue weighted by Gasteiger charge is -2.24. The standard InChI is InChI=1S/C15H19ClN4O/c1-4-5-13-17-14(19-18-13)15(21)20(3)10(2)11-6-8-12(16)9-7-11/h6-10H,4-5H2,1-3H3,(H,17,18,19). The Bertz CT molecular complexity index is 608. The molecule has 1 atom stereocenters. The Morgan fingerprint density at radius 2 is 2.05 bits per heavy atom. The van der Waals surface area contributed by atoms with Gasteiger partial charge in [-0.1, -0.05) is 30.7 Å². The fraction of sp³-hybridized carbons (Fsp3) is 0.400. The van der Waals surface area contributed by atoms with Gasteiger partial charge in [0.1, 0.15) is 5.82 Å². The van der Waals surface area contributed by atoms with Crippen molar-refractivity contribution in [2.45, 2.75) is 32.7 Å². The molecule has 0 fully saturated rings. The molecule has 1 amide bonds. The van der Waals surface area contributed by atoms with Crippen LogP contribution in [0, 0.1) is 0 Å². The van der Waals surface area contributed by atoms with E-state index in [4.69, 9.17) is 11.6 Å². The molecule has 0 aliphatic rings. The zero-order chi connectivity index (χ0) is 15.4. The molecule has 0 aliphatic heterocycles. The van der Waals surface area contributed by atoms with Gasteiger partial charge in [-0.15, -0.1) is 5.10 Å². The normalized spacial score (nSPS) is 12.2. The number of nitrogens with zero attached hydrogens (tertiary/aromatic N) is 3. The second-order valence-electron chi connectivity index (χ2n) is 5.00. The topological polar surface area (TPSA) is 61.9 Å². The van der Waals surface area contributed by atoms with Crippen molar-refractivity contribution in [1.82, 2.24) is 20.1 Å². The van der Waals surface area contributed by atoms with E-state index in [2.05, 4.69) is 22.1 Å². The summed E-state index contributed by atoms with van der Waals surface area (Å²) >= 11 is 5.88. The minimum absolute atomic E-state index is 0.0807. The van der Waals surface area contributed by atoms with E-state index >= 15 is 0 Å². The highest BCUT2D eigenvalue weighted by Crippen LogP contribution is 2.21. The summed E-state index contributed by atoms with van der Waals surface area (Å²) in [6.07, 6.45) is 1.75. The van der Waals surface area contributed by atoms with Crippen LogP contribution in [0.1, 0.15) is 48.3 Å². The van der Waals surface area contributed by atoms with E-state index in [1.807, 2.05) is 31.2 Å². The first-order valence-electron chi connectivity index (χ1n) is 6.96. The largest absolute Gasteiger partial charge is 0.332 e. The number of carbonyl (C=O) groups is 1. The summed E-state index contributed by atoms with van der Waals surface area (Å²) in [5.41, 5.74) is 1.01. The molecule has 0 spiro atoms. The molecule has 1 N–H and O–H groups in total. The smallest absolute Gasteiger partial charge is 0.293 e. The lowest BCUT2D eigenvalue weighted by Crippen LogP contribution is -2.30. The van der Waals surface area contributed by atoms with Crippen molar-refractivity contribution in [3.05, 3.63) is 46.5 Å². The molecule has 0 saturated carbocycles. The molecule has 6 heteroatoms. The van der Waals surface area contributed by atoms with Crippen molar-refractivity contribution >= 4 is 17.5 Å². The first-order valence-corrected chi connectivity index (χ1v) is 7.34. The maximum Gasteiger partial charge on any atom is 0.293 e. The van der Waals surface area contributed by atoms with Crippen LogP contribution in [0.2, 0.25) is 5.02 Å². The number of hydrogen-bond acceptors (Lipinski definition) is 3. The number of amides is 1. The molecule has 5 nitrogen and oxygen atoms in total. The Labute approximate surface area is 129 Å². The maximum absolute atomic E-state index is 12.4. The van der Waals surface area contributed by atoms with Crippen molar-refractivity contribution in [3.8, 4) is 0 Å². The van der Waals surface area contributed by atoms with Gasteiger partial charge in [0.2, 0.25) is 5.82 Å². The Morgan fingerprint density at radius 3 is 2.67 bits per heavy atom. The Balaban J connectivity index is 2.12. The third kappa shape index (κ3) is 3.61. The van der Waals surface area contributed by atoms with Crippen molar-refractivity contribution in [1.29, 1.82) is 0 Å². The zero-order valence-corrected chi connectivity index (χ0v) is 13.2. The molecule has 0 bridgehead atoms. The molecule has 1 aromatic carbocycles. The quantitative estimate of drug-likeness (QED) is 0.922. The molecule has 1 unspecified atom stereocenters. The van der Waals surface area contributed by atoms with E-state index in [1.54, 1.807) is 11.9 Å². The van der Waals surface area contributed by atoms with Gasteiger partial charge in [0.25, 0.3) is 5.91 Å². The number of rotatable bonds is 5. The van der Waals surface area contributed by atoms with E-state index < -0.39 is 0 Å². The molecule has 0 aliphatic carbocycles. The van der Waals surface area contributed by atoms with Gasteiger partial charge >= 0.3 is 0 Å². The number of hydrogen-bond donors (Lipinski definition) is 1. The third-order valence-corrected chi connectivity index (χ3v) is 3.72. The van der Waals surface area contributed by atoms with Gasteiger partial charge in [-0.2, -0.15) is 0 Å². The molecule has 1 heterocycles. The zero-order valence-electron chi connectivity index (χ0n) is 12.4. The van der Waals surface area contributed by atoms with Crippen LogP contribution in [0.25, 0.3) is 0 Å². The van der Waals surface area contributed by atoms with Crippen LogP contribution in [0.5, 0.6) is 0 Å². The number of nitrogens with one attached hydrogen (secondary N) is 1. The van der Waals surface area contributed by atoms with E-state index in [0.29, 0.717) is 5.02 Å². The van der Waals surface area contributed by atoms with Crippen LogP contribution in [0.3, 0.4) is 0 Å². The van der Waals surface area contributed by atoms with Gasteiger partial charge in [-0.3, -0.25) is 9.89 Å². The van der Waals surface area contributed by atoms with Gasteiger partial charge in [-0.25, -0.2) is 4.98 Å². The first-order chi connectivity index (χ1) is 10.0. The lowest BCUT2D eigenvalue weighted by molar-refractivity contribution is 0.0730. The molecule has 1 aromatic heterocycles. The number of aromatic amines is 1. The molecule has 112 valence electrons. The maximum atomic E-state index is 12.4. The number of aryl methyl sites for hydroxylation is 1. The number of carbonyl (C=O) groups excluding carboxylic acids is 1. The monoisotopic (exact) mass is 306 g/mol. The molecule has 0 radical (unpaired) electrons. The highest BCUT2D eigenvalue weighted by atomic mass is 35.5. The second kappa shape index (κ2) is 6.72. The summed E-state index contributed by atoms with van der Waals surface area (Å²) in [5, 5.41) is 7.48. The minimum atomic E-state index is -0.198. The van der Waals surface area contributed by atoms with Crippen LogP contribution in [-0.2, 0) is 6.42 Å². The molecular formula is C15H19ClN4O. The predicted octanol–water partition coefficient (Wildman–Crippen LogP) is 3.24.